The Kier molecular flexibility index (Phi) is 4.99. The van der Waals surface area contributed by atoms with E-state index in [0.29, 0.717) is 17.0 Å². The van der Waals surface area contributed by atoms with Crippen molar-refractivity contribution in [3.05, 3.63) is 41.8 Å². The molecule has 19 heavy (non-hydrogen) atoms. The third-order valence-corrected chi connectivity index (χ3v) is 4.16. The van der Waals surface area contributed by atoms with Gasteiger partial charge in [-0.3, -0.25) is 0 Å². The van der Waals surface area contributed by atoms with E-state index in [1.807, 2.05) is 18.2 Å². The summed E-state index contributed by atoms with van der Waals surface area (Å²) in [6.07, 6.45) is 1.06. The maximum Gasteiger partial charge on any atom is 0.277 e. The standard InChI is InChI=1S/C14H19N3OS/c1-3-10(2)12(15)13-16-17-14(18-13)19-9-11-7-5-4-6-8-11/h4-8,10,12H,3,9,15H2,1-2H3/p+1/t10-,12-/m0/s1. The van der Waals surface area contributed by atoms with Crippen LogP contribution in [-0.2, 0) is 5.75 Å². The molecule has 0 unspecified atom stereocenters. The quantitative estimate of drug-likeness (QED) is 0.825. The first-order chi connectivity index (χ1) is 9.20. The monoisotopic (exact) mass is 278 g/mol. The smallest absolute Gasteiger partial charge is 0.277 e. The van der Waals surface area contributed by atoms with Gasteiger partial charge in [-0.1, -0.05) is 55.9 Å². The molecule has 3 N–H and O–H groups in total. The van der Waals surface area contributed by atoms with Crippen molar-refractivity contribution in [2.75, 3.05) is 0 Å². The summed E-state index contributed by atoms with van der Waals surface area (Å²) in [6.45, 7) is 4.29. The first-order valence-electron chi connectivity index (χ1n) is 6.54. The van der Waals surface area contributed by atoms with Crippen LogP contribution in [-0.4, -0.2) is 10.2 Å². The SMILES string of the molecule is CC[C@H](C)[C@H]([NH3+])c1nnc(SCc2ccccc2)o1. The number of hydrogen-bond donors (Lipinski definition) is 1. The Morgan fingerprint density at radius 1 is 1.26 bits per heavy atom. The zero-order chi connectivity index (χ0) is 13.7. The molecule has 102 valence electrons. The summed E-state index contributed by atoms with van der Waals surface area (Å²) in [7, 11) is 0. The summed E-state index contributed by atoms with van der Waals surface area (Å²) in [5.41, 5.74) is 5.36. The van der Waals surface area contributed by atoms with Gasteiger partial charge in [0.25, 0.3) is 11.1 Å². The fraction of sp³-hybridized carbons (Fsp3) is 0.429. The van der Waals surface area contributed by atoms with Crippen LogP contribution in [0.25, 0.3) is 0 Å². The third kappa shape index (κ3) is 3.81. The lowest BCUT2D eigenvalue weighted by atomic mass is 10.0. The van der Waals surface area contributed by atoms with Gasteiger partial charge < -0.3 is 10.2 Å². The Labute approximate surface area is 117 Å². The van der Waals surface area contributed by atoms with Crippen LogP contribution in [0.2, 0.25) is 0 Å². The molecule has 0 fully saturated rings. The molecule has 2 rings (SSSR count). The second kappa shape index (κ2) is 6.73. The third-order valence-electron chi connectivity index (χ3n) is 3.28. The van der Waals surface area contributed by atoms with E-state index >= 15 is 0 Å². The van der Waals surface area contributed by atoms with Crippen molar-refractivity contribution < 1.29 is 10.2 Å². The van der Waals surface area contributed by atoms with Crippen LogP contribution in [0.15, 0.2) is 40.0 Å². The summed E-state index contributed by atoms with van der Waals surface area (Å²) in [4.78, 5) is 0. The highest BCUT2D eigenvalue weighted by atomic mass is 32.2. The van der Waals surface area contributed by atoms with Crippen LogP contribution >= 0.6 is 11.8 Å². The van der Waals surface area contributed by atoms with Crippen molar-refractivity contribution in [3.8, 4) is 0 Å². The largest absolute Gasteiger partial charge is 0.410 e. The predicted octanol–water partition coefficient (Wildman–Crippen LogP) is 2.69. The molecule has 0 aliphatic carbocycles. The molecule has 2 aromatic rings. The van der Waals surface area contributed by atoms with Gasteiger partial charge in [0, 0.05) is 11.7 Å². The minimum Gasteiger partial charge on any atom is -0.410 e. The second-order valence-electron chi connectivity index (χ2n) is 4.67. The predicted molar refractivity (Wildman–Crippen MR) is 75.4 cm³/mol. The normalized spacial score (nSPS) is 14.3. The molecule has 0 saturated heterocycles. The minimum atomic E-state index is 0.0728. The van der Waals surface area contributed by atoms with E-state index in [-0.39, 0.29) is 6.04 Å². The Hall–Kier alpha value is -1.33. The van der Waals surface area contributed by atoms with E-state index in [0.717, 1.165) is 12.2 Å². The van der Waals surface area contributed by atoms with Gasteiger partial charge in [-0.05, 0) is 12.0 Å². The van der Waals surface area contributed by atoms with Gasteiger partial charge in [-0.25, -0.2) is 0 Å². The zero-order valence-electron chi connectivity index (χ0n) is 11.4. The van der Waals surface area contributed by atoms with E-state index in [1.165, 1.54) is 5.56 Å². The lowest BCUT2D eigenvalue weighted by molar-refractivity contribution is -0.444. The summed E-state index contributed by atoms with van der Waals surface area (Å²) in [6, 6.07) is 10.3. The van der Waals surface area contributed by atoms with E-state index in [9.17, 15) is 0 Å². The first-order valence-corrected chi connectivity index (χ1v) is 7.52. The number of hydrogen-bond acceptors (Lipinski definition) is 4. The molecule has 4 nitrogen and oxygen atoms in total. The van der Waals surface area contributed by atoms with Gasteiger partial charge in [-0.2, -0.15) is 0 Å². The molecule has 0 saturated carbocycles. The Morgan fingerprint density at radius 2 is 2.00 bits per heavy atom. The van der Waals surface area contributed by atoms with Gasteiger partial charge in [-0.15, -0.1) is 10.2 Å². The molecule has 0 spiro atoms. The molecule has 1 heterocycles. The first kappa shape index (κ1) is 14.1. The maximum atomic E-state index is 5.67. The summed E-state index contributed by atoms with van der Waals surface area (Å²) < 4.78 is 5.67. The minimum absolute atomic E-state index is 0.0728. The van der Waals surface area contributed by atoms with Crippen molar-refractivity contribution in [2.45, 2.75) is 37.3 Å². The average Bonchev–Trinajstić information content (AvgIpc) is 2.93. The van der Waals surface area contributed by atoms with Crippen molar-refractivity contribution in [3.63, 3.8) is 0 Å². The number of aromatic nitrogens is 2. The van der Waals surface area contributed by atoms with Crippen LogP contribution in [0.4, 0.5) is 0 Å². The summed E-state index contributed by atoms with van der Waals surface area (Å²) in [5.74, 6) is 1.94. The van der Waals surface area contributed by atoms with Crippen LogP contribution in [0.3, 0.4) is 0 Å². The highest BCUT2D eigenvalue weighted by Crippen LogP contribution is 2.25. The van der Waals surface area contributed by atoms with E-state index in [2.05, 4.69) is 41.9 Å². The van der Waals surface area contributed by atoms with Gasteiger partial charge in [0.1, 0.15) is 0 Å². The Morgan fingerprint density at radius 3 is 2.68 bits per heavy atom. The number of nitrogens with zero attached hydrogens (tertiary/aromatic N) is 2. The average molecular weight is 278 g/mol. The Bertz CT molecular complexity index is 500. The van der Waals surface area contributed by atoms with Crippen LogP contribution < -0.4 is 5.73 Å². The maximum absolute atomic E-state index is 5.67. The van der Waals surface area contributed by atoms with Gasteiger partial charge in [0.15, 0.2) is 6.04 Å². The molecule has 0 aliphatic heterocycles. The van der Waals surface area contributed by atoms with Crippen molar-refractivity contribution in [2.24, 2.45) is 5.92 Å². The van der Waals surface area contributed by atoms with Crippen LogP contribution in [0.5, 0.6) is 0 Å². The summed E-state index contributed by atoms with van der Waals surface area (Å²) >= 11 is 1.56. The number of benzene rings is 1. The number of thioether (sulfide) groups is 1. The van der Waals surface area contributed by atoms with Crippen molar-refractivity contribution >= 4 is 11.8 Å². The fourth-order valence-electron chi connectivity index (χ4n) is 1.68. The lowest BCUT2D eigenvalue weighted by Crippen LogP contribution is -2.56. The molecule has 0 bridgehead atoms. The number of quaternary nitrogens is 1. The molecule has 1 aromatic carbocycles. The van der Waals surface area contributed by atoms with E-state index in [4.69, 9.17) is 4.42 Å². The van der Waals surface area contributed by atoms with Crippen molar-refractivity contribution in [1.82, 2.24) is 10.2 Å². The summed E-state index contributed by atoms with van der Waals surface area (Å²) in [5, 5.41) is 8.79. The van der Waals surface area contributed by atoms with Crippen LogP contribution in [0, 0.1) is 5.92 Å². The molecule has 1 aromatic heterocycles. The molecule has 0 amide bonds. The Balaban J connectivity index is 1.94. The second-order valence-corrected chi connectivity index (χ2v) is 5.60. The highest BCUT2D eigenvalue weighted by Gasteiger charge is 2.23. The van der Waals surface area contributed by atoms with Crippen molar-refractivity contribution in [1.29, 1.82) is 0 Å². The van der Waals surface area contributed by atoms with E-state index in [1.54, 1.807) is 11.8 Å². The highest BCUT2D eigenvalue weighted by molar-refractivity contribution is 7.98. The zero-order valence-corrected chi connectivity index (χ0v) is 12.2. The number of rotatable bonds is 6. The molecule has 2 atom stereocenters. The molecular formula is C14H20N3OS+. The molecule has 5 heteroatoms. The topological polar surface area (TPSA) is 66.6 Å². The molecule has 0 aliphatic rings. The van der Waals surface area contributed by atoms with Gasteiger partial charge in [0.05, 0.1) is 0 Å². The van der Waals surface area contributed by atoms with Crippen LogP contribution in [0.1, 0.15) is 37.8 Å². The molecule has 0 radical (unpaired) electrons. The molecular weight excluding hydrogens is 258 g/mol. The fourth-order valence-corrected chi connectivity index (χ4v) is 2.40. The van der Waals surface area contributed by atoms with Gasteiger partial charge >= 0.3 is 0 Å². The van der Waals surface area contributed by atoms with E-state index < -0.39 is 0 Å². The lowest BCUT2D eigenvalue weighted by Gasteiger charge is -2.09. The van der Waals surface area contributed by atoms with Gasteiger partial charge in [0.2, 0.25) is 0 Å².